The van der Waals surface area contributed by atoms with E-state index in [4.69, 9.17) is 15.2 Å². The lowest BCUT2D eigenvalue weighted by Gasteiger charge is -2.22. The number of benzene rings is 2. The number of pyridine rings is 1. The Balaban J connectivity index is 1.99. The Bertz CT molecular complexity index is 1110. The Morgan fingerprint density at radius 3 is 2.32 bits per heavy atom. The van der Waals surface area contributed by atoms with Crippen LogP contribution in [-0.4, -0.2) is 14.2 Å². The Labute approximate surface area is 164 Å². The van der Waals surface area contributed by atoms with Crippen molar-refractivity contribution in [2.75, 3.05) is 20.0 Å². The molecular weight excluding hydrogens is 350 g/mol. The molecule has 2 aromatic carbocycles. The van der Waals surface area contributed by atoms with Crippen molar-refractivity contribution in [1.82, 2.24) is 0 Å². The molecule has 0 aliphatic carbocycles. The van der Waals surface area contributed by atoms with Gasteiger partial charge in [-0.1, -0.05) is 29.8 Å². The van der Waals surface area contributed by atoms with E-state index in [9.17, 15) is 5.26 Å². The van der Waals surface area contributed by atoms with Gasteiger partial charge in [0.15, 0.2) is 11.5 Å². The molecule has 5 heteroatoms. The van der Waals surface area contributed by atoms with Crippen molar-refractivity contribution in [3.63, 3.8) is 0 Å². The van der Waals surface area contributed by atoms with Crippen LogP contribution in [0.15, 0.2) is 42.5 Å². The number of ether oxygens (including phenoxy) is 2. The molecule has 2 heterocycles. The predicted molar refractivity (Wildman–Crippen MR) is 108 cm³/mol. The molecule has 0 bridgehead atoms. The Hall–Kier alpha value is -3.52. The minimum Gasteiger partial charge on any atom is -0.493 e. The molecule has 1 aliphatic rings. The molecule has 0 atom stereocenters. The fourth-order valence-corrected chi connectivity index (χ4v) is 3.83. The van der Waals surface area contributed by atoms with Gasteiger partial charge in [0.2, 0.25) is 0 Å². The van der Waals surface area contributed by atoms with Crippen LogP contribution in [0.3, 0.4) is 0 Å². The summed E-state index contributed by atoms with van der Waals surface area (Å²) in [6.45, 7) is 2.76. The fraction of sp³-hybridized carbons (Fsp3) is 0.217. The molecule has 0 spiro atoms. The van der Waals surface area contributed by atoms with Gasteiger partial charge in [-0.2, -0.15) is 5.26 Å². The molecule has 2 N–H and O–H groups in total. The summed E-state index contributed by atoms with van der Waals surface area (Å²) in [5, 5.41) is 9.78. The molecule has 0 amide bonds. The lowest BCUT2D eigenvalue weighted by atomic mass is 9.92. The average Bonchev–Trinajstić information content (AvgIpc) is 2.72. The fourth-order valence-electron chi connectivity index (χ4n) is 3.83. The van der Waals surface area contributed by atoms with Crippen molar-refractivity contribution in [1.29, 1.82) is 5.26 Å². The number of nitrogens with zero attached hydrogens (tertiary/aromatic N) is 2. The van der Waals surface area contributed by atoms with Crippen LogP contribution in [0.25, 0.3) is 22.4 Å². The molecule has 28 heavy (non-hydrogen) atoms. The Morgan fingerprint density at radius 1 is 1.00 bits per heavy atom. The van der Waals surface area contributed by atoms with Gasteiger partial charge in [-0.25, -0.2) is 4.57 Å². The van der Waals surface area contributed by atoms with E-state index in [0.717, 1.165) is 34.6 Å². The molecule has 4 rings (SSSR count). The van der Waals surface area contributed by atoms with Crippen LogP contribution in [-0.2, 0) is 13.0 Å². The van der Waals surface area contributed by atoms with Crippen molar-refractivity contribution >= 4 is 5.82 Å². The summed E-state index contributed by atoms with van der Waals surface area (Å²) in [5.74, 6) is 1.89. The van der Waals surface area contributed by atoms with Crippen LogP contribution >= 0.6 is 0 Å². The first-order chi connectivity index (χ1) is 13.6. The zero-order valence-electron chi connectivity index (χ0n) is 16.2. The van der Waals surface area contributed by atoms with Crippen molar-refractivity contribution in [2.45, 2.75) is 19.9 Å². The Kier molecular flexibility index (Phi) is 4.40. The van der Waals surface area contributed by atoms with Crippen molar-refractivity contribution in [2.24, 2.45) is 0 Å². The van der Waals surface area contributed by atoms with E-state index in [-0.39, 0.29) is 0 Å². The maximum atomic E-state index is 9.78. The van der Waals surface area contributed by atoms with Crippen LogP contribution in [0, 0.1) is 18.3 Å². The second kappa shape index (κ2) is 6.90. The van der Waals surface area contributed by atoms with Crippen molar-refractivity contribution in [3.05, 3.63) is 59.2 Å². The minimum absolute atomic E-state index is 0.496. The average molecular weight is 372 g/mol. The molecule has 0 fully saturated rings. The number of aromatic nitrogens is 1. The first-order valence-corrected chi connectivity index (χ1v) is 9.16. The largest absolute Gasteiger partial charge is 0.493 e. The smallest absolute Gasteiger partial charge is 0.291 e. The number of nitriles is 1. The predicted octanol–water partition coefficient (Wildman–Crippen LogP) is 3.64. The maximum Gasteiger partial charge on any atom is 0.291 e. The first kappa shape index (κ1) is 17.9. The van der Waals surface area contributed by atoms with E-state index < -0.39 is 0 Å². The van der Waals surface area contributed by atoms with Crippen molar-refractivity contribution < 1.29 is 14.0 Å². The van der Waals surface area contributed by atoms with E-state index in [0.29, 0.717) is 23.7 Å². The number of anilines is 1. The number of aryl methyl sites for hydroxylation is 2. The van der Waals surface area contributed by atoms with E-state index >= 15 is 0 Å². The van der Waals surface area contributed by atoms with Crippen LogP contribution in [0.5, 0.6) is 11.5 Å². The molecule has 1 aromatic heterocycles. The van der Waals surface area contributed by atoms with Gasteiger partial charge < -0.3 is 9.47 Å². The standard InChI is InChI=1S/C23H21N3O2/c1-14-4-6-15(7-5-14)17-11-20-18-12-22(28-3)21(27-2)10-16(18)8-9-26(20)23(25)19(17)13-24/h4-7,10-12,25H,8-9H2,1-3H3/p+1. The zero-order chi connectivity index (χ0) is 19.8. The summed E-state index contributed by atoms with van der Waals surface area (Å²) < 4.78 is 13.0. The number of nitrogen functional groups attached to an aromatic ring is 1. The van der Waals surface area contributed by atoms with E-state index in [2.05, 4.69) is 12.1 Å². The van der Waals surface area contributed by atoms with Gasteiger partial charge >= 0.3 is 0 Å². The van der Waals surface area contributed by atoms with Gasteiger partial charge in [-0.05, 0) is 36.2 Å². The molecule has 0 radical (unpaired) electrons. The summed E-state index contributed by atoms with van der Waals surface area (Å²) in [6.07, 6.45) is 0.812. The maximum absolute atomic E-state index is 9.78. The number of methoxy groups -OCH3 is 2. The number of nitrogens with two attached hydrogens (primary N) is 1. The SMILES string of the molecule is COc1cc2c(cc1OC)-c1cc(-c3ccc(C)cc3)c(C#N)c(N)[n+]1CC2. The second-order valence-electron chi connectivity index (χ2n) is 6.95. The van der Waals surface area contributed by atoms with Gasteiger partial charge in [0, 0.05) is 17.5 Å². The third-order valence-corrected chi connectivity index (χ3v) is 5.35. The molecule has 5 nitrogen and oxygen atoms in total. The lowest BCUT2D eigenvalue weighted by molar-refractivity contribution is -0.673. The van der Waals surface area contributed by atoms with Gasteiger partial charge in [0.1, 0.15) is 17.3 Å². The van der Waals surface area contributed by atoms with Gasteiger partial charge in [-0.15, -0.1) is 0 Å². The third-order valence-electron chi connectivity index (χ3n) is 5.35. The highest BCUT2D eigenvalue weighted by molar-refractivity contribution is 5.79. The second-order valence-corrected chi connectivity index (χ2v) is 6.95. The highest BCUT2D eigenvalue weighted by Crippen LogP contribution is 2.39. The quantitative estimate of drug-likeness (QED) is 0.713. The summed E-state index contributed by atoms with van der Waals surface area (Å²) in [5.41, 5.74) is 13.2. The number of hydrogen-bond donors (Lipinski definition) is 1. The van der Waals surface area contributed by atoms with Gasteiger partial charge in [0.05, 0.1) is 20.8 Å². The zero-order valence-corrected chi connectivity index (χ0v) is 16.2. The monoisotopic (exact) mass is 372 g/mol. The molecule has 1 aliphatic heterocycles. The number of hydrogen-bond acceptors (Lipinski definition) is 4. The van der Waals surface area contributed by atoms with E-state index in [1.807, 2.05) is 47.9 Å². The Morgan fingerprint density at radius 2 is 1.68 bits per heavy atom. The van der Waals surface area contributed by atoms with Gasteiger partial charge in [-0.3, -0.25) is 5.73 Å². The van der Waals surface area contributed by atoms with Crippen molar-refractivity contribution in [3.8, 4) is 40.0 Å². The molecule has 0 saturated heterocycles. The van der Waals surface area contributed by atoms with Crippen LogP contribution in [0.1, 0.15) is 16.7 Å². The topological polar surface area (TPSA) is 72.1 Å². The molecule has 0 unspecified atom stereocenters. The third kappa shape index (κ3) is 2.74. The number of rotatable bonds is 3. The van der Waals surface area contributed by atoms with Crippen LogP contribution in [0.4, 0.5) is 5.82 Å². The summed E-state index contributed by atoms with van der Waals surface area (Å²) in [6, 6.07) is 16.5. The molecule has 3 aromatic rings. The lowest BCUT2D eigenvalue weighted by Crippen LogP contribution is -2.44. The summed E-state index contributed by atoms with van der Waals surface area (Å²) >= 11 is 0. The number of fused-ring (bicyclic) bond motifs is 3. The van der Waals surface area contributed by atoms with E-state index in [1.54, 1.807) is 14.2 Å². The van der Waals surface area contributed by atoms with Gasteiger partial charge in [0.25, 0.3) is 5.82 Å². The molecule has 140 valence electrons. The van der Waals surface area contributed by atoms with Crippen LogP contribution < -0.4 is 19.8 Å². The normalized spacial score (nSPS) is 11.9. The summed E-state index contributed by atoms with van der Waals surface area (Å²) in [4.78, 5) is 0. The summed E-state index contributed by atoms with van der Waals surface area (Å²) in [7, 11) is 3.27. The van der Waals surface area contributed by atoms with E-state index in [1.165, 1.54) is 11.1 Å². The van der Waals surface area contributed by atoms with Crippen LogP contribution in [0.2, 0.25) is 0 Å². The highest BCUT2D eigenvalue weighted by atomic mass is 16.5. The minimum atomic E-state index is 0.496. The highest BCUT2D eigenvalue weighted by Gasteiger charge is 2.28. The molecule has 0 saturated carbocycles. The first-order valence-electron chi connectivity index (χ1n) is 9.16. The molecular formula is C23H22N3O2+.